The molecule has 19 heavy (non-hydrogen) atoms. The molecule has 0 spiro atoms. The fourth-order valence-electron chi connectivity index (χ4n) is 2.09. The summed E-state index contributed by atoms with van der Waals surface area (Å²) in [7, 11) is 0. The Labute approximate surface area is 114 Å². The number of esters is 1. The number of carboxylic acids is 1. The van der Waals surface area contributed by atoms with E-state index < -0.39 is 11.6 Å². The van der Waals surface area contributed by atoms with E-state index in [1.54, 1.807) is 0 Å². The van der Waals surface area contributed by atoms with Gasteiger partial charge < -0.3 is 15.2 Å². The molecule has 0 saturated carbocycles. The lowest BCUT2D eigenvalue weighted by atomic mass is 10.1. The number of carbonyl (C=O) groups excluding carboxylic acids is 1. The maximum atomic E-state index is 11.5. The predicted octanol–water partition coefficient (Wildman–Crippen LogP) is 0.467. The number of aliphatic carboxylic acids is 1. The molecule has 1 saturated heterocycles. The summed E-state index contributed by atoms with van der Waals surface area (Å²) in [6.07, 6.45) is 1.71. The minimum absolute atomic E-state index is 0.0960. The summed E-state index contributed by atoms with van der Waals surface area (Å²) in [5.41, 5.74) is -0.455. The minimum Gasteiger partial charge on any atom is -0.480 e. The number of likely N-dealkylation sites (tertiary alicyclic amines) is 1. The standard InChI is InChI=1S/C13H24N2O4/c1-13(2,3)19-12(18)8-14-10-4-6-15(7-5-10)9-11(16)17/h10,14H,4-9H2,1-3H3,(H,16,17). The van der Waals surface area contributed by atoms with Crippen molar-refractivity contribution in [2.45, 2.75) is 45.3 Å². The van der Waals surface area contributed by atoms with Crippen LogP contribution in [0, 0.1) is 0 Å². The Hall–Kier alpha value is -1.14. The van der Waals surface area contributed by atoms with Gasteiger partial charge in [0.1, 0.15) is 5.60 Å². The molecule has 0 radical (unpaired) electrons. The van der Waals surface area contributed by atoms with Gasteiger partial charge in [-0.15, -0.1) is 0 Å². The Balaban J connectivity index is 2.19. The van der Waals surface area contributed by atoms with Crippen molar-refractivity contribution in [3.8, 4) is 0 Å². The van der Waals surface area contributed by atoms with E-state index in [0.29, 0.717) is 0 Å². The topological polar surface area (TPSA) is 78.9 Å². The number of carbonyl (C=O) groups is 2. The molecular weight excluding hydrogens is 248 g/mol. The third-order valence-corrected chi connectivity index (χ3v) is 2.90. The van der Waals surface area contributed by atoms with Crippen molar-refractivity contribution in [3.63, 3.8) is 0 Å². The first-order valence-electron chi connectivity index (χ1n) is 6.65. The summed E-state index contributed by atoms with van der Waals surface area (Å²) >= 11 is 0. The van der Waals surface area contributed by atoms with Gasteiger partial charge in [0.25, 0.3) is 0 Å². The maximum absolute atomic E-state index is 11.5. The Kier molecular flexibility index (Phi) is 5.75. The summed E-state index contributed by atoms with van der Waals surface area (Å²) in [4.78, 5) is 24.0. The molecule has 0 aromatic rings. The van der Waals surface area contributed by atoms with Crippen LogP contribution in [0.5, 0.6) is 0 Å². The largest absolute Gasteiger partial charge is 0.480 e. The van der Waals surface area contributed by atoms with Crippen LogP contribution in [-0.2, 0) is 14.3 Å². The molecule has 0 unspecified atom stereocenters. The number of nitrogens with one attached hydrogen (secondary N) is 1. The van der Waals surface area contributed by atoms with Crippen LogP contribution in [0.1, 0.15) is 33.6 Å². The van der Waals surface area contributed by atoms with Crippen LogP contribution in [0.25, 0.3) is 0 Å². The maximum Gasteiger partial charge on any atom is 0.320 e. The van der Waals surface area contributed by atoms with Crippen molar-refractivity contribution in [1.82, 2.24) is 10.2 Å². The van der Waals surface area contributed by atoms with Crippen molar-refractivity contribution < 1.29 is 19.4 Å². The number of hydrogen-bond donors (Lipinski definition) is 2. The second-order valence-electron chi connectivity index (χ2n) is 5.91. The van der Waals surface area contributed by atoms with Crippen LogP contribution in [0.2, 0.25) is 0 Å². The smallest absolute Gasteiger partial charge is 0.320 e. The number of hydrogen-bond acceptors (Lipinski definition) is 5. The van der Waals surface area contributed by atoms with E-state index in [9.17, 15) is 9.59 Å². The Morgan fingerprint density at radius 2 is 1.89 bits per heavy atom. The van der Waals surface area contributed by atoms with Crippen molar-refractivity contribution in [3.05, 3.63) is 0 Å². The average molecular weight is 272 g/mol. The van der Waals surface area contributed by atoms with E-state index in [-0.39, 0.29) is 25.1 Å². The zero-order valence-corrected chi connectivity index (χ0v) is 11.9. The van der Waals surface area contributed by atoms with Gasteiger partial charge in [0.2, 0.25) is 0 Å². The molecule has 0 bridgehead atoms. The van der Waals surface area contributed by atoms with Crippen LogP contribution >= 0.6 is 0 Å². The summed E-state index contributed by atoms with van der Waals surface area (Å²) in [6.45, 7) is 7.33. The summed E-state index contributed by atoms with van der Waals surface area (Å²) < 4.78 is 5.21. The molecule has 1 aliphatic heterocycles. The molecule has 1 fully saturated rings. The van der Waals surface area contributed by atoms with Crippen LogP contribution in [0.3, 0.4) is 0 Å². The van der Waals surface area contributed by atoms with Crippen molar-refractivity contribution >= 4 is 11.9 Å². The Morgan fingerprint density at radius 3 is 2.37 bits per heavy atom. The van der Waals surface area contributed by atoms with Gasteiger partial charge >= 0.3 is 11.9 Å². The lowest BCUT2D eigenvalue weighted by Gasteiger charge is -2.31. The molecular formula is C13H24N2O4. The quantitative estimate of drug-likeness (QED) is 0.708. The molecule has 110 valence electrons. The van der Waals surface area contributed by atoms with Gasteiger partial charge in [-0.2, -0.15) is 0 Å². The molecule has 1 rings (SSSR count). The second kappa shape index (κ2) is 6.86. The number of carboxylic acid groups (broad SMARTS) is 1. The second-order valence-corrected chi connectivity index (χ2v) is 5.91. The number of nitrogens with zero attached hydrogens (tertiary/aromatic N) is 1. The van der Waals surface area contributed by atoms with E-state index in [0.717, 1.165) is 25.9 Å². The number of rotatable bonds is 5. The van der Waals surface area contributed by atoms with Crippen LogP contribution in [0.4, 0.5) is 0 Å². The van der Waals surface area contributed by atoms with Crippen LogP contribution in [0.15, 0.2) is 0 Å². The van der Waals surface area contributed by atoms with E-state index in [4.69, 9.17) is 9.84 Å². The highest BCUT2D eigenvalue weighted by Gasteiger charge is 2.22. The van der Waals surface area contributed by atoms with Gasteiger partial charge in [-0.1, -0.05) is 0 Å². The number of ether oxygens (including phenoxy) is 1. The van der Waals surface area contributed by atoms with E-state index >= 15 is 0 Å². The molecule has 0 aliphatic carbocycles. The minimum atomic E-state index is -0.792. The van der Waals surface area contributed by atoms with Gasteiger partial charge in [0, 0.05) is 19.1 Å². The first-order valence-corrected chi connectivity index (χ1v) is 6.65. The first kappa shape index (κ1) is 15.9. The van der Waals surface area contributed by atoms with Crippen molar-refractivity contribution in [2.24, 2.45) is 0 Å². The highest BCUT2D eigenvalue weighted by Crippen LogP contribution is 2.10. The highest BCUT2D eigenvalue weighted by molar-refractivity contribution is 5.72. The monoisotopic (exact) mass is 272 g/mol. The fraction of sp³-hybridized carbons (Fsp3) is 0.846. The molecule has 1 aliphatic rings. The first-order chi connectivity index (χ1) is 8.76. The third-order valence-electron chi connectivity index (χ3n) is 2.90. The van der Waals surface area contributed by atoms with Gasteiger partial charge in [-0.05, 0) is 33.6 Å². The molecule has 6 heteroatoms. The van der Waals surface area contributed by atoms with Crippen LogP contribution in [-0.4, -0.2) is 59.8 Å². The zero-order chi connectivity index (χ0) is 14.5. The lowest BCUT2D eigenvalue weighted by molar-refractivity contribution is -0.153. The van der Waals surface area contributed by atoms with E-state index in [1.807, 2.05) is 25.7 Å². The van der Waals surface area contributed by atoms with Gasteiger partial charge in [-0.25, -0.2) is 0 Å². The lowest BCUT2D eigenvalue weighted by Crippen LogP contribution is -2.46. The summed E-state index contributed by atoms with van der Waals surface area (Å²) in [5, 5.41) is 11.9. The normalized spacial score (nSPS) is 18.3. The Bertz CT molecular complexity index is 317. The molecule has 0 atom stereocenters. The predicted molar refractivity (Wildman–Crippen MR) is 70.9 cm³/mol. The number of piperidine rings is 1. The summed E-state index contributed by atoms with van der Waals surface area (Å²) in [6, 6.07) is 0.262. The van der Waals surface area contributed by atoms with Gasteiger partial charge in [0.05, 0.1) is 13.1 Å². The van der Waals surface area contributed by atoms with Crippen LogP contribution < -0.4 is 5.32 Å². The molecule has 0 aromatic heterocycles. The molecule has 6 nitrogen and oxygen atoms in total. The summed E-state index contributed by atoms with van der Waals surface area (Å²) in [5.74, 6) is -1.04. The molecule has 1 heterocycles. The van der Waals surface area contributed by atoms with Crippen molar-refractivity contribution in [2.75, 3.05) is 26.2 Å². The third kappa shape index (κ3) is 7.12. The molecule has 2 N–H and O–H groups in total. The Morgan fingerprint density at radius 1 is 1.32 bits per heavy atom. The SMILES string of the molecule is CC(C)(C)OC(=O)CNC1CCN(CC(=O)O)CC1. The van der Waals surface area contributed by atoms with E-state index in [2.05, 4.69) is 5.32 Å². The zero-order valence-electron chi connectivity index (χ0n) is 11.9. The van der Waals surface area contributed by atoms with E-state index in [1.165, 1.54) is 0 Å². The molecule has 0 amide bonds. The fourth-order valence-corrected chi connectivity index (χ4v) is 2.09. The molecule has 0 aromatic carbocycles. The highest BCUT2D eigenvalue weighted by atomic mass is 16.6. The van der Waals surface area contributed by atoms with Gasteiger partial charge in [-0.3, -0.25) is 14.5 Å². The average Bonchev–Trinajstić information content (AvgIpc) is 2.25. The van der Waals surface area contributed by atoms with Crippen molar-refractivity contribution in [1.29, 1.82) is 0 Å². The van der Waals surface area contributed by atoms with Gasteiger partial charge in [0.15, 0.2) is 0 Å².